The molecule has 1 aromatic heterocycles. The van der Waals surface area contributed by atoms with Crippen LogP contribution in [0.1, 0.15) is 11.3 Å². The molecule has 0 aromatic carbocycles. The van der Waals surface area contributed by atoms with E-state index in [2.05, 4.69) is 4.98 Å². The van der Waals surface area contributed by atoms with E-state index >= 15 is 0 Å². The van der Waals surface area contributed by atoms with Gasteiger partial charge in [0.2, 0.25) is 0 Å². The highest BCUT2D eigenvalue weighted by atomic mass is 35.5. The molecule has 2 nitrogen and oxygen atoms in total. The number of nitrogen functional groups attached to an aromatic ring is 1. The number of hydrogen-bond acceptors (Lipinski definition) is 2. The van der Waals surface area contributed by atoms with Gasteiger partial charge in [0, 0.05) is 16.3 Å². The van der Waals surface area contributed by atoms with Crippen LogP contribution < -0.4 is 5.73 Å². The van der Waals surface area contributed by atoms with E-state index in [1.807, 2.05) is 13.8 Å². The van der Waals surface area contributed by atoms with Gasteiger partial charge in [-0.2, -0.15) is 0 Å². The van der Waals surface area contributed by atoms with E-state index in [0.29, 0.717) is 10.8 Å². The highest BCUT2D eigenvalue weighted by Crippen LogP contribution is 2.19. The van der Waals surface area contributed by atoms with Crippen LogP contribution in [0.2, 0.25) is 5.02 Å². The monoisotopic (exact) mass is 156 g/mol. The van der Waals surface area contributed by atoms with Gasteiger partial charge < -0.3 is 5.73 Å². The Labute approximate surface area is 65.0 Å². The second-order valence-corrected chi connectivity index (χ2v) is 2.66. The molecule has 2 N–H and O–H groups in total. The third kappa shape index (κ3) is 1.21. The van der Waals surface area contributed by atoms with Gasteiger partial charge in [0.05, 0.1) is 0 Å². The summed E-state index contributed by atoms with van der Waals surface area (Å²) in [6.07, 6.45) is 0. The third-order valence-corrected chi connectivity index (χ3v) is 1.77. The lowest BCUT2D eigenvalue weighted by molar-refractivity contribution is 1.18. The number of nitrogens with zero attached hydrogens (tertiary/aromatic N) is 1. The van der Waals surface area contributed by atoms with Gasteiger partial charge in [-0.15, -0.1) is 0 Å². The quantitative estimate of drug-likeness (QED) is 0.624. The van der Waals surface area contributed by atoms with Crippen molar-refractivity contribution in [3.8, 4) is 0 Å². The maximum Gasteiger partial charge on any atom is 0.128 e. The second kappa shape index (κ2) is 2.46. The summed E-state index contributed by atoms with van der Waals surface area (Å²) in [5.74, 6) is 0.519. The fraction of sp³-hybridized carbons (Fsp3) is 0.286. The summed E-state index contributed by atoms with van der Waals surface area (Å²) in [6.45, 7) is 3.71. The standard InChI is InChI=1S/C7H9ClN2/c1-4-3-6(8)5(2)7(9)10-4/h3H,1-2H3,(H2,9,10). The molecule has 0 saturated heterocycles. The van der Waals surface area contributed by atoms with Gasteiger partial charge >= 0.3 is 0 Å². The molecule has 3 heteroatoms. The summed E-state index contributed by atoms with van der Waals surface area (Å²) >= 11 is 5.80. The minimum absolute atomic E-state index is 0.519. The Balaban J connectivity index is 3.31. The minimum Gasteiger partial charge on any atom is -0.383 e. The first-order valence-corrected chi connectivity index (χ1v) is 3.38. The molecule has 54 valence electrons. The molecule has 0 amide bonds. The van der Waals surface area contributed by atoms with Gasteiger partial charge in [0.15, 0.2) is 0 Å². The van der Waals surface area contributed by atoms with Gasteiger partial charge in [-0.05, 0) is 19.9 Å². The Kier molecular flexibility index (Phi) is 1.81. The second-order valence-electron chi connectivity index (χ2n) is 2.26. The summed E-state index contributed by atoms with van der Waals surface area (Å²) in [7, 11) is 0. The van der Waals surface area contributed by atoms with E-state index in [1.54, 1.807) is 6.07 Å². The van der Waals surface area contributed by atoms with Crippen LogP contribution in [0.25, 0.3) is 0 Å². The molecule has 0 saturated carbocycles. The molecular weight excluding hydrogens is 148 g/mol. The van der Waals surface area contributed by atoms with Crippen molar-refractivity contribution in [3.63, 3.8) is 0 Å². The minimum atomic E-state index is 0.519. The highest BCUT2D eigenvalue weighted by Gasteiger charge is 2.00. The van der Waals surface area contributed by atoms with Crippen molar-refractivity contribution < 1.29 is 0 Å². The van der Waals surface area contributed by atoms with Gasteiger partial charge in [0.25, 0.3) is 0 Å². The lowest BCUT2D eigenvalue weighted by Crippen LogP contribution is -1.95. The normalized spacial score (nSPS) is 9.90. The van der Waals surface area contributed by atoms with Gasteiger partial charge in [-0.3, -0.25) is 0 Å². The molecule has 0 unspecified atom stereocenters. The first-order chi connectivity index (χ1) is 4.61. The van der Waals surface area contributed by atoms with Crippen molar-refractivity contribution in [2.45, 2.75) is 13.8 Å². The van der Waals surface area contributed by atoms with Crippen molar-refractivity contribution in [3.05, 3.63) is 22.3 Å². The third-order valence-electron chi connectivity index (χ3n) is 1.37. The molecule has 0 aliphatic carbocycles. The van der Waals surface area contributed by atoms with Gasteiger partial charge in [-0.25, -0.2) is 4.98 Å². The Bertz CT molecular complexity index is 235. The van der Waals surface area contributed by atoms with Crippen molar-refractivity contribution >= 4 is 17.4 Å². The smallest absolute Gasteiger partial charge is 0.128 e. The Morgan fingerprint density at radius 2 is 2.10 bits per heavy atom. The predicted molar refractivity (Wildman–Crippen MR) is 43.1 cm³/mol. The molecule has 0 aliphatic rings. The lowest BCUT2D eigenvalue weighted by atomic mass is 10.2. The fourth-order valence-corrected chi connectivity index (χ4v) is 0.975. The van der Waals surface area contributed by atoms with Crippen LogP contribution in [0.4, 0.5) is 5.82 Å². The molecule has 0 radical (unpaired) electrons. The fourth-order valence-electron chi connectivity index (χ4n) is 0.720. The first kappa shape index (κ1) is 7.35. The van der Waals surface area contributed by atoms with E-state index in [9.17, 15) is 0 Å². The molecule has 1 heterocycles. The number of halogens is 1. The number of pyridine rings is 1. The van der Waals surface area contributed by atoms with Crippen LogP contribution >= 0.6 is 11.6 Å². The number of hydrogen-bond donors (Lipinski definition) is 1. The largest absolute Gasteiger partial charge is 0.383 e. The topological polar surface area (TPSA) is 38.9 Å². The number of nitrogens with two attached hydrogens (primary N) is 1. The zero-order valence-corrected chi connectivity index (χ0v) is 6.74. The molecule has 1 rings (SSSR count). The summed E-state index contributed by atoms with van der Waals surface area (Å²) in [6, 6.07) is 1.80. The predicted octanol–water partition coefficient (Wildman–Crippen LogP) is 1.93. The molecule has 0 aliphatic heterocycles. The Morgan fingerprint density at radius 1 is 1.50 bits per heavy atom. The van der Waals surface area contributed by atoms with Crippen LogP contribution in [0, 0.1) is 13.8 Å². The number of anilines is 1. The molecule has 0 atom stereocenters. The molecule has 1 aromatic rings. The van der Waals surface area contributed by atoms with Crippen molar-refractivity contribution in [1.29, 1.82) is 0 Å². The van der Waals surface area contributed by atoms with E-state index in [-0.39, 0.29) is 0 Å². The number of aromatic nitrogens is 1. The maximum absolute atomic E-state index is 5.80. The Hall–Kier alpha value is -0.760. The SMILES string of the molecule is Cc1cc(Cl)c(C)c(N)n1. The van der Waals surface area contributed by atoms with Crippen LogP contribution in [0.3, 0.4) is 0 Å². The van der Waals surface area contributed by atoms with Crippen LogP contribution in [-0.4, -0.2) is 4.98 Å². The van der Waals surface area contributed by atoms with E-state index in [0.717, 1.165) is 11.3 Å². The van der Waals surface area contributed by atoms with Crippen molar-refractivity contribution in [2.24, 2.45) is 0 Å². The number of rotatable bonds is 0. The van der Waals surface area contributed by atoms with Crippen LogP contribution in [0.5, 0.6) is 0 Å². The van der Waals surface area contributed by atoms with Crippen LogP contribution in [0.15, 0.2) is 6.07 Å². The summed E-state index contributed by atoms with van der Waals surface area (Å²) < 4.78 is 0. The average Bonchev–Trinajstić information content (AvgIpc) is 1.82. The molecular formula is C7H9ClN2. The zero-order valence-electron chi connectivity index (χ0n) is 5.98. The van der Waals surface area contributed by atoms with Crippen molar-refractivity contribution in [1.82, 2.24) is 4.98 Å². The summed E-state index contributed by atoms with van der Waals surface area (Å²) in [5, 5.41) is 0.685. The van der Waals surface area contributed by atoms with Crippen LogP contribution in [-0.2, 0) is 0 Å². The molecule has 0 fully saturated rings. The van der Waals surface area contributed by atoms with E-state index < -0.39 is 0 Å². The lowest BCUT2D eigenvalue weighted by Gasteiger charge is -2.01. The molecule has 0 spiro atoms. The van der Waals surface area contributed by atoms with E-state index in [1.165, 1.54) is 0 Å². The molecule has 10 heavy (non-hydrogen) atoms. The van der Waals surface area contributed by atoms with Gasteiger partial charge in [0.1, 0.15) is 5.82 Å². The zero-order chi connectivity index (χ0) is 7.72. The maximum atomic E-state index is 5.80. The number of aryl methyl sites for hydroxylation is 1. The highest BCUT2D eigenvalue weighted by molar-refractivity contribution is 6.31. The summed E-state index contributed by atoms with van der Waals surface area (Å²) in [5.41, 5.74) is 7.23. The van der Waals surface area contributed by atoms with Crippen molar-refractivity contribution in [2.75, 3.05) is 5.73 Å². The van der Waals surface area contributed by atoms with E-state index in [4.69, 9.17) is 17.3 Å². The molecule has 0 bridgehead atoms. The first-order valence-electron chi connectivity index (χ1n) is 3.00. The van der Waals surface area contributed by atoms with Gasteiger partial charge in [-0.1, -0.05) is 11.6 Å². The average molecular weight is 157 g/mol. The summed E-state index contributed by atoms with van der Waals surface area (Å²) in [4.78, 5) is 4.03. The Morgan fingerprint density at radius 3 is 2.60 bits per heavy atom.